The van der Waals surface area contributed by atoms with E-state index in [0.29, 0.717) is 33.6 Å². The number of benzene rings is 4. The summed E-state index contributed by atoms with van der Waals surface area (Å²) in [5.41, 5.74) is 1.46. The second kappa shape index (κ2) is 11.7. The predicted octanol–water partition coefficient (Wildman–Crippen LogP) is 5.93. The minimum atomic E-state index is -1.10. The standard InChI is InChI=1S/C29H26N2O6S/c1-17(27(32)31-20-14-21(36-2)16-22(15-20)37-3)38-23-12-10-19(11-13-23)30-28(33)24-8-4-6-18-7-5-9-25(26(18)24)29(34)35/h4-17H,1-3H3,(H,30,33)(H,31,32)(H,34,35). The number of anilines is 2. The van der Waals surface area contributed by atoms with E-state index >= 15 is 0 Å². The Hall–Kier alpha value is -4.50. The summed E-state index contributed by atoms with van der Waals surface area (Å²) in [5, 5.41) is 15.9. The van der Waals surface area contributed by atoms with Crippen LogP contribution in [0, 0.1) is 0 Å². The molecule has 38 heavy (non-hydrogen) atoms. The Morgan fingerprint density at radius 1 is 0.789 bits per heavy atom. The largest absolute Gasteiger partial charge is 0.497 e. The van der Waals surface area contributed by atoms with Crippen LogP contribution in [0.25, 0.3) is 10.8 Å². The van der Waals surface area contributed by atoms with Crippen molar-refractivity contribution in [1.82, 2.24) is 0 Å². The molecule has 0 radical (unpaired) electrons. The van der Waals surface area contributed by atoms with E-state index in [-0.39, 0.29) is 17.0 Å². The normalized spacial score (nSPS) is 11.4. The first-order valence-electron chi connectivity index (χ1n) is 11.7. The molecule has 1 unspecified atom stereocenters. The fraction of sp³-hybridized carbons (Fsp3) is 0.138. The van der Waals surface area contributed by atoms with E-state index in [1.807, 2.05) is 12.1 Å². The first-order chi connectivity index (χ1) is 18.3. The van der Waals surface area contributed by atoms with Crippen molar-refractivity contribution in [3.63, 3.8) is 0 Å². The molecule has 0 aromatic heterocycles. The summed E-state index contributed by atoms with van der Waals surface area (Å²) >= 11 is 1.37. The highest BCUT2D eigenvalue weighted by Crippen LogP contribution is 2.29. The number of rotatable bonds is 9. The number of methoxy groups -OCH3 is 2. The van der Waals surface area contributed by atoms with Crippen LogP contribution >= 0.6 is 11.8 Å². The Morgan fingerprint density at radius 2 is 1.39 bits per heavy atom. The average Bonchev–Trinajstić information content (AvgIpc) is 2.92. The van der Waals surface area contributed by atoms with Crippen molar-refractivity contribution < 1.29 is 29.0 Å². The number of hydrogen-bond acceptors (Lipinski definition) is 6. The van der Waals surface area contributed by atoms with Crippen molar-refractivity contribution >= 4 is 51.7 Å². The number of carbonyl (C=O) groups excluding carboxylic acids is 2. The van der Waals surface area contributed by atoms with Crippen LogP contribution in [-0.2, 0) is 4.79 Å². The first-order valence-corrected chi connectivity index (χ1v) is 12.5. The van der Waals surface area contributed by atoms with Crippen LogP contribution in [0.2, 0.25) is 0 Å². The number of fused-ring (bicyclic) bond motifs is 1. The third kappa shape index (κ3) is 6.07. The minimum absolute atomic E-state index is 0.0691. The Bertz CT molecular complexity index is 1480. The van der Waals surface area contributed by atoms with Crippen LogP contribution in [0.3, 0.4) is 0 Å². The molecule has 4 aromatic carbocycles. The second-order valence-corrected chi connectivity index (χ2v) is 9.76. The number of carboxylic acids is 1. The molecule has 0 heterocycles. The number of ether oxygens (including phenoxy) is 2. The van der Waals surface area contributed by atoms with E-state index in [0.717, 1.165) is 4.90 Å². The van der Waals surface area contributed by atoms with Gasteiger partial charge in [-0.25, -0.2) is 4.79 Å². The van der Waals surface area contributed by atoms with Gasteiger partial charge in [0.15, 0.2) is 0 Å². The molecule has 0 saturated heterocycles. The number of hydrogen-bond donors (Lipinski definition) is 3. The molecule has 0 aliphatic heterocycles. The summed E-state index contributed by atoms with van der Waals surface area (Å²) in [6.45, 7) is 1.80. The summed E-state index contributed by atoms with van der Waals surface area (Å²) in [5.74, 6) is -0.555. The van der Waals surface area contributed by atoms with E-state index in [1.165, 1.54) is 17.8 Å². The minimum Gasteiger partial charge on any atom is -0.497 e. The Kier molecular flexibility index (Phi) is 8.18. The molecule has 0 bridgehead atoms. The van der Waals surface area contributed by atoms with Gasteiger partial charge in [0.2, 0.25) is 5.91 Å². The molecule has 4 rings (SSSR count). The van der Waals surface area contributed by atoms with E-state index in [1.54, 1.807) is 81.8 Å². The van der Waals surface area contributed by atoms with Gasteiger partial charge in [0, 0.05) is 45.4 Å². The summed E-state index contributed by atoms with van der Waals surface area (Å²) in [7, 11) is 3.08. The molecule has 4 aromatic rings. The Balaban J connectivity index is 1.43. The van der Waals surface area contributed by atoms with Gasteiger partial charge in [-0.3, -0.25) is 9.59 Å². The zero-order valence-electron chi connectivity index (χ0n) is 21.0. The van der Waals surface area contributed by atoms with Crippen molar-refractivity contribution in [3.05, 3.63) is 90.0 Å². The fourth-order valence-corrected chi connectivity index (χ4v) is 4.77. The van der Waals surface area contributed by atoms with Crippen LogP contribution in [0.4, 0.5) is 11.4 Å². The van der Waals surface area contributed by atoms with Crippen molar-refractivity contribution in [2.45, 2.75) is 17.1 Å². The van der Waals surface area contributed by atoms with Gasteiger partial charge in [-0.15, -0.1) is 11.8 Å². The van der Waals surface area contributed by atoms with Crippen LogP contribution in [0.15, 0.2) is 83.8 Å². The molecule has 0 saturated carbocycles. The van der Waals surface area contributed by atoms with Gasteiger partial charge in [-0.1, -0.05) is 24.3 Å². The van der Waals surface area contributed by atoms with Crippen LogP contribution in [0.1, 0.15) is 27.6 Å². The van der Waals surface area contributed by atoms with Crippen LogP contribution in [-0.4, -0.2) is 42.4 Å². The second-order valence-electron chi connectivity index (χ2n) is 8.34. The molecular formula is C29H26N2O6S. The lowest BCUT2D eigenvalue weighted by atomic mass is 9.98. The highest BCUT2D eigenvalue weighted by molar-refractivity contribution is 8.00. The SMILES string of the molecule is COc1cc(NC(=O)C(C)Sc2ccc(NC(=O)c3cccc4cccc(C(=O)O)c34)cc2)cc(OC)c1. The quantitative estimate of drug-likeness (QED) is 0.230. The highest BCUT2D eigenvalue weighted by Gasteiger charge is 2.18. The van der Waals surface area contributed by atoms with Crippen molar-refractivity contribution in [1.29, 1.82) is 0 Å². The lowest BCUT2D eigenvalue weighted by Crippen LogP contribution is -2.22. The number of carbonyl (C=O) groups is 3. The number of thioether (sulfide) groups is 1. The van der Waals surface area contributed by atoms with E-state index in [4.69, 9.17) is 9.47 Å². The highest BCUT2D eigenvalue weighted by atomic mass is 32.2. The van der Waals surface area contributed by atoms with Gasteiger partial charge in [-0.2, -0.15) is 0 Å². The Labute approximate surface area is 224 Å². The first kappa shape index (κ1) is 26.6. The lowest BCUT2D eigenvalue weighted by Gasteiger charge is -2.14. The summed E-state index contributed by atoms with van der Waals surface area (Å²) < 4.78 is 10.5. The van der Waals surface area contributed by atoms with Crippen molar-refractivity contribution in [2.75, 3.05) is 24.9 Å². The summed E-state index contributed by atoms with van der Waals surface area (Å²) in [6.07, 6.45) is 0. The molecule has 1 atom stereocenters. The monoisotopic (exact) mass is 530 g/mol. The zero-order valence-corrected chi connectivity index (χ0v) is 21.8. The molecular weight excluding hydrogens is 504 g/mol. The third-order valence-corrected chi connectivity index (χ3v) is 6.90. The van der Waals surface area contributed by atoms with Gasteiger partial charge in [-0.05, 0) is 48.7 Å². The Morgan fingerprint density at radius 3 is 1.97 bits per heavy atom. The fourth-order valence-electron chi connectivity index (χ4n) is 3.90. The smallest absolute Gasteiger partial charge is 0.336 e. The van der Waals surface area contributed by atoms with Gasteiger partial charge >= 0.3 is 5.97 Å². The molecule has 8 nitrogen and oxygen atoms in total. The maximum Gasteiger partial charge on any atom is 0.336 e. The zero-order chi connectivity index (χ0) is 27.2. The average molecular weight is 531 g/mol. The molecule has 0 spiro atoms. The molecule has 3 N–H and O–H groups in total. The van der Waals surface area contributed by atoms with Gasteiger partial charge < -0.3 is 25.2 Å². The maximum atomic E-state index is 13.0. The third-order valence-electron chi connectivity index (χ3n) is 5.79. The molecule has 0 fully saturated rings. The van der Waals surface area contributed by atoms with Crippen LogP contribution < -0.4 is 20.1 Å². The van der Waals surface area contributed by atoms with E-state index in [2.05, 4.69) is 10.6 Å². The van der Waals surface area contributed by atoms with Gasteiger partial charge in [0.05, 0.1) is 25.0 Å². The summed E-state index contributed by atoms with van der Waals surface area (Å²) in [4.78, 5) is 38.3. The van der Waals surface area contributed by atoms with Gasteiger partial charge in [0.25, 0.3) is 5.91 Å². The topological polar surface area (TPSA) is 114 Å². The number of aromatic carboxylic acids is 1. The van der Waals surface area contributed by atoms with Crippen molar-refractivity contribution in [3.8, 4) is 11.5 Å². The van der Waals surface area contributed by atoms with Gasteiger partial charge in [0.1, 0.15) is 11.5 Å². The molecule has 9 heteroatoms. The predicted molar refractivity (Wildman–Crippen MR) is 149 cm³/mol. The molecule has 0 aliphatic rings. The molecule has 2 amide bonds. The molecule has 0 aliphatic carbocycles. The summed E-state index contributed by atoms with van der Waals surface area (Å²) in [6, 6.07) is 22.2. The number of nitrogens with one attached hydrogen (secondary N) is 2. The van der Waals surface area contributed by atoms with E-state index < -0.39 is 17.1 Å². The number of carboxylic acid groups (broad SMARTS) is 1. The lowest BCUT2D eigenvalue weighted by molar-refractivity contribution is -0.115. The van der Waals surface area contributed by atoms with E-state index in [9.17, 15) is 19.5 Å². The van der Waals surface area contributed by atoms with Crippen LogP contribution in [0.5, 0.6) is 11.5 Å². The molecule has 194 valence electrons. The maximum absolute atomic E-state index is 13.0. The van der Waals surface area contributed by atoms with Crippen molar-refractivity contribution in [2.24, 2.45) is 0 Å². The number of amides is 2.